The van der Waals surface area contributed by atoms with Crippen LogP contribution in [0.1, 0.15) is 11.1 Å². The molecule has 0 bridgehead atoms. The molecule has 2 aromatic rings. The van der Waals surface area contributed by atoms with Crippen molar-refractivity contribution < 1.29 is 0 Å². The summed E-state index contributed by atoms with van der Waals surface area (Å²) in [5.41, 5.74) is 2.29. The number of aliphatic imine (C=N–C) groups is 1. The second kappa shape index (κ2) is 7.99. The maximum Gasteiger partial charge on any atom is 0.159 e. The highest BCUT2D eigenvalue weighted by Gasteiger charge is 2.19. The Balaban J connectivity index is 1.57. The number of aromatic nitrogens is 2. The molecule has 1 aliphatic rings. The fraction of sp³-hybridized carbons (Fsp3) is 0.312. The van der Waals surface area contributed by atoms with Crippen molar-refractivity contribution in [2.45, 2.75) is 13.0 Å². The van der Waals surface area contributed by atoms with Gasteiger partial charge in [-0.3, -0.25) is 4.99 Å². The molecule has 0 radical (unpaired) electrons. The molecular weight excluding hydrogens is 351 g/mol. The van der Waals surface area contributed by atoms with Gasteiger partial charge in [0.2, 0.25) is 0 Å². The van der Waals surface area contributed by atoms with E-state index in [1.807, 2.05) is 36.7 Å². The van der Waals surface area contributed by atoms with Crippen LogP contribution < -0.4 is 0 Å². The summed E-state index contributed by atoms with van der Waals surface area (Å²) in [6.45, 7) is 2.58. The van der Waals surface area contributed by atoms with Gasteiger partial charge in [-0.25, -0.2) is 9.97 Å². The fourth-order valence-corrected chi connectivity index (χ4v) is 3.52. The van der Waals surface area contributed by atoms with Crippen LogP contribution in [-0.2, 0) is 13.0 Å². The van der Waals surface area contributed by atoms with Crippen molar-refractivity contribution in [3.8, 4) is 0 Å². The lowest BCUT2D eigenvalue weighted by atomic mass is 10.2. The van der Waals surface area contributed by atoms with Crippen LogP contribution in [0.4, 0.5) is 0 Å². The van der Waals surface area contributed by atoms with Crippen molar-refractivity contribution in [2.75, 3.05) is 18.8 Å². The first-order chi connectivity index (χ1) is 11.2. The number of pyridine rings is 2. The van der Waals surface area contributed by atoms with Gasteiger partial charge in [-0.05, 0) is 29.7 Å². The molecule has 0 amide bonds. The minimum Gasteiger partial charge on any atom is -0.346 e. The maximum atomic E-state index is 5.83. The molecule has 1 aliphatic heterocycles. The van der Waals surface area contributed by atoms with E-state index in [0.717, 1.165) is 48.1 Å². The lowest BCUT2D eigenvalue weighted by Crippen LogP contribution is -2.24. The van der Waals surface area contributed by atoms with E-state index in [-0.39, 0.29) is 0 Å². The molecule has 0 saturated carbocycles. The van der Waals surface area contributed by atoms with Gasteiger partial charge in [0.25, 0.3) is 0 Å². The normalized spacial score (nSPS) is 16.3. The van der Waals surface area contributed by atoms with Crippen molar-refractivity contribution in [3.63, 3.8) is 0 Å². The first-order valence-electron chi connectivity index (χ1n) is 7.34. The highest BCUT2D eigenvalue weighted by atomic mass is 35.5. The topological polar surface area (TPSA) is 41.4 Å². The van der Waals surface area contributed by atoms with Crippen molar-refractivity contribution >= 4 is 40.1 Å². The van der Waals surface area contributed by atoms with Gasteiger partial charge in [0, 0.05) is 37.8 Å². The van der Waals surface area contributed by atoms with Gasteiger partial charge in [-0.2, -0.15) is 0 Å². The molecule has 0 atom stereocenters. The predicted molar refractivity (Wildman–Crippen MR) is 97.4 cm³/mol. The summed E-state index contributed by atoms with van der Waals surface area (Å²) < 4.78 is 0. The van der Waals surface area contributed by atoms with Gasteiger partial charge >= 0.3 is 0 Å². The van der Waals surface area contributed by atoms with Crippen LogP contribution in [0.15, 0.2) is 41.7 Å². The molecule has 3 rings (SSSR count). The van der Waals surface area contributed by atoms with Gasteiger partial charge in [-0.1, -0.05) is 47.1 Å². The Labute approximate surface area is 149 Å². The lowest BCUT2D eigenvalue weighted by molar-refractivity contribution is 0.454. The average Bonchev–Trinajstić information content (AvgIpc) is 2.99. The molecular formula is C16H16Cl2N4S. The first kappa shape index (κ1) is 16.6. The summed E-state index contributed by atoms with van der Waals surface area (Å²) in [5.74, 6) is 1.07. The molecule has 0 unspecified atom stereocenters. The monoisotopic (exact) mass is 366 g/mol. The Morgan fingerprint density at radius 3 is 2.39 bits per heavy atom. The number of hydrogen-bond acceptors (Lipinski definition) is 4. The quantitative estimate of drug-likeness (QED) is 0.751. The SMILES string of the molecule is Clc1ccc(CCN=C2SCCN2Cc2ccc(Cl)nc2)cn1. The minimum absolute atomic E-state index is 0.522. The maximum absolute atomic E-state index is 5.83. The Bertz CT molecular complexity index is 673. The van der Waals surface area contributed by atoms with Crippen molar-refractivity contribution in [1.29, 1.82) is 0 Å². The summed E-state index contributed by atoms with van der Waals surface area (Å²) in [6, 6.07) is 7.64. The standard InChI is InChI=1S/C16H16Cl2N4S/c17-14-3-1-12(9-20-14)5-6-19-16-22(7-8-23-16)11-13-2-4-15(18)21-10-13/h1-4,9-10H,5-8,11H2. The van der Waals surface area contributed by atoms with Crippen molar-refractivity contribution in [1.82, 2.24) is 14.9 Å². The zero-order valence-corrected chi connectivity index (χ0v) is 14.8. The summed E-state index contributed by atoms with van der Waals surface area (Å²) in [7, 11) is 0. The summed E-state index contributed by atoms with van der Waals surface area (Å²) in [6.07, 6.45) is 4.49. The molecule has 2 aromatic heterocycles. The van der Waals surface area contributed by atoms with E-state index in [1.54, 1.807) is 11.8 Å². The molecule has 120 valence electrons. The molecule has 0 spiro atoms. The van der Waals surface area contributed by atoms with Gasteiger partial charge in [-0.15, -0.1) is 0 Å². The van der Waals surface area contributed by atoms with E-state index in [1.165, 1.54) is 0 Å². The molecule has 0 aliphatic carbocycles. The lowest BCUT2D eigenvalue weighted by Gasteiger charge is -2.17. The van der Waals surface area contributed by atoms with E-state index in [4.69, 9.17) is 28.2 Å². The molecule has 7 heteroatoms. The van der Waals surface area contributed by atoms with Crippen LogP contribution in [0.2, 0.25) is 10.3 Å². The van der Waals surface area contributed by atoms with Gasteiger partial charge < -0.3 is 4.90 Å². The molecule has 1 fully saturated rings. The zero-order valence-electron chi connectivity index (χ0n) is 12.5. The first-order valence-corrected chi connectivity index (χ1v) is 9.08. The van der Waals surface area contributed by atoms with E-state index < -0.39 is 0 Å². The minimum atomic E-state index is 0.522. The predicted octanol–water partition coefficient (Wildman–Crippen LogP) is 3.93. The summed E-state index contributed by atoms with van der Waals surface area (Å²) in [5, 5.41) is 2.14. The largest absolute Gasteiger partial charge is 0.346 e. The van der Waals surface area contributed by atoms with E-state index in [0.29, 0.717) is 10.3 Å². The molecule has 23 heavy (non-hydrogen) atoms. The number of rotatable bonds is 5. The van der Waals surface area contributed by atoms with Gasteiger partial charge in [0.1, 0.15) is 10.3 Å². The number of hydrogen-bond donors (Lipinski definition) is 0. The molecule has 0 aromatic carbocycles. The van der Waals surface area contributed by atoms with Crippen LogP contribution in [0.3, 0.4) is 0 Å². The van der Waals surface area contributed by atoms with Crippen LogP contribution in [-0.4, -0.2) is 38.9 Å². The van der Waals surface area contributed by atoms with E-state index in [9.17, 15) is 0 Å². The van der Waals surface area contributed by atoms with E-state index in [2.05, 4.69) is 14.9 Å². The molecule has 4 nitrogen and oxygen atoms in total. The van der Waals surface area contributed by atoms with Gasteiger partial charge in [0.05, 0.1) is 0 Å². The van der Waals surface area contributed by atoms with Crippen LogP contribution in [0, 0.1) is 0 Å². The smallest absolute Gasteiger partial charge is 0.159 e. The Hall–Kier alpha value is -1.30. The highest BCUT2D eigenvalue weighted by molar-refractivity contribution is 8.14. The summed E-state index contributed by atoms with van der Waals surface area (Å²) >= 11 is 13.4. The number of halogens is 2. The Morgan fingerprint density at radius 2 is 1.74 bits per heavy atom. The fourth-order valence-electron chi connectivity index (χ4n) is 2.28. The Morgan fingerprint density at radius 1 is 1.04 bits per heavy atom. The third kappa shape index (κ3) is 4.83. The van der Waals surface area contributed by atoms with Crippen LogP contribution >= 0.6 is 35.0 Å². The number of nitrogens with zero attached hydrogens (tertiary/aromatic N) is 4. The molecule has 0 N–H and O–H groups in total. The number of thioether (sulfide) groups is 1. The second-order valence-corrected chi connectivity index (χ2v) is 7.00. The van der Waals surface area contributed by atoms with Crippen LogP contribution in [0.25, 0.3) is 0 Å². The van der Waals surface area contributed by atoms with E-state index >= 15 is 0 Å². The highest BCUT2D eigenvalue weighted by Crippen LogP contribution is 2.21. The average molecular weight is 367 g/mol. The van der Waals surface area contributed by atoms with Crippen LogP contribution in [0.5, 0.6) is 0 Å². The zero-order chi connectivity index (χ0) is 16.1. The second-order valence-electron chi connectivity index (χ2n) is 5.16. The van der Waals surface area contributed by atoms with Crippen molar-refractivity contribution in [2.24, 2.45) is 4.99 Å². The van der Waals surface area contributed by atoms with Crippen molar-refractivity contribution in [3.05, 3.63) is 58.1 Å². The Kier molecular flexibility index (Phi) is 5.75. The summed E-state index contributed by atoms with van der Waals surface area (Å²) in [4.78, 5) is 15.2. The molecule has 3 heterocycles. The van der Waals surface area contributed by atoms with Gasteiger partial charge in [0.15, 0.2) is 5.17 Å². The third-order valence-corrected chi connectivity index (χ3v) is 4.94. The molecule has 1 saturated heterocycles. The number of amidine groups is 1. The third-order valence-electron chi connectivity index (χ3n) is 3.46.